The van der Waals surface area contributed by atoms with E-state index in [4.69, 9.17) is 0 Å². The van der Waals surface area contributed by atoms with E-state index in [0.717, 1.165) is 0 Å². The molecule has 0 saturated carbocycles. The van der Waals surface area contributed by atoms with Crippen molar-refractivity contribution >= 4 is 10.5 Å². The second-order valence-corrected chi connectivity index (χ2v) is 4.51. The first-order valence-electron chi connectivity index (χ1n) is 3.01. The highest BCUT2D eigenvalue weighted by molar-refractivity contribution is 7.29. The number of hydrogen-bond acceptors (Lipinski definition) is 1. The van der Waals surface area contributed by atoms with Crippen LogP contribution in [-0.2, 0) is 6.26 Å². The van der Waals surface area contributed by atoms with Gasteiger partial charge in [0.25, 0.3) is 0 Å². The molecule has 0 saturated heterocycles. The van der Waals surface area contributed by atoms with Crippen molar-refractivity contribution in [3.8, 4) is 0 Å². The van der Waals surface area contributed by atoms with Crippen LogP contribution in [0.2, 0.25) is 0 Å². The third-order valence-electron chi connectivity index (χ3n) is 1.74. The SMILES string of the molecule is Cc1nc(C)[s+](C)c1C. The maximum absolute atomic E-state index is 4.36. The van der Waals surface area contributed by atoms with Gasteiger partial charge in [-0.1, -0.05) is 0 Å². The van der Waals surface area contributed by atoms with Gasteiger partial charge in [0.15, 0.2) is 4.88 Å². The molecule has 0 amide bonds. The summed E-state index contributed by atoms with van der Waals surface area (Å²) in [4.78, 5) is 5.81. The number of nitrogens with zero attached hydrogens (tertiary/aromatic N) is 1. The molecular formula is C7H12NS+. The average molecular weight is 142 g/mol. The molecule has 0 aliphatic carbocycles. The summed E-state index contributed by atoms with van der Waals surface area (Å²) in [5.74, 6) is 0. The van der Waals surface area contributed by atoms with Crippen molar-refractivity contribution in [1.29, 1.82) is 0 Å². The second-order valence-electron chi connectivity index (χ2n) is 2.28. The predicted molar refractivity (Wildman–Crippen MR) is 41.9 cm³/mol. The lowest BCUT2D eigenvalue weighted by Gasteiger charge is -1.77. The van der Waals surface area contributed by atoms with E-state index in [1.165, 1.54) is 15.6 Å². The molecule has 1 aromatic rings. The molecule has 0 radical (unpaired) electrons. The van der Waals surface area contributed by atoms with E-state index >= 15 is 0 Å². The zero-order valence-electron chi connectivity index (χ0n) is 6.36. The zero-order valence-corrected chi connectivity index (χ0v) is 7.17. The van der Waals surface area contributed by atoms with Gasteiger partial charge in [-0.25, -0.2) is 4.98 Å². The fraction of sp³-hybridized carbons (Fsp3) is 0.571. The van der Waals surface area contributed by atoms with Gasteiger partial charge in [-0.2, -0.15) is 0 Å². The molecule has 0 aliphatic heterocycles. The lowest BCUT2D eigenvalue weighted by Crippen LogP contribution is -1.71. The highest BCUT2D eigenvalue weighted by Gasteiger charge is 2.13. The summed E-state index contributed by atoms with van der Waals surface area (Å²) in [5.41, 5.74) is 1.22. The summed E-state index contributed by atoms with van der Waals surface area (Å²) in [6.45, 7) is 6.34. The summed E-state index contributed by atoms with van der Waals surface area (Å²) in [6, 6.07) is 0. The molecule has 0 fully saturated rings. The van der Waals surface area contributed by atoms with Crippen molar-refractivity contribution in [3.05, 3.63) is 15.6 Å². The standard InChI is InChI=1S/C7H12NS/c1-5-6(2)9(4)7(3)8-5/h1-4H3/q+1. The van der Waals surface area contributed by atoms with E-state index < -0.39 is 0 Å². The minimum atomic E-state index is 0.337. The molecule has 9 heavy (non-hydrogen) atoms. The monoisotopic (exact) mass is 142 g/mol. The molecule has 1 nitrogen and oxygen atoms in total. The average Bonchev–Trinajstić information content (AvgIpc) is 1.98. The van der Waals surface area contributed by atoms with Crippen LogP contribution in [0.25, 0.3) is 0 Å². The molecule has 50 valence electrons. The summed E-state index contributed by atoms with van der Waals surface area (Å²) < 4.78 is 0. The van der Waals surface area contributed by atoms with Gasteiger partial charge in [-0.05, 0) is 6.92 Å². The number of hydrogen-bond donors (Lipinski definition) is 0. The van der Waals surface area contributed by atoms with E-state index in [-0.39, 0.29) is 0 Å². The van der Waals surface area contributed by atoms with Crippen LogP contribution in [0.15, 0.2) is 0 Å². The molecule has 1 aromatic heterocycles. The maximum Gasteiger partial charge on any atom is 0.239 e. The van der Waals surface area contributed by atoms with Crippen LogP contribution in [0.1, 0.15) is 15.6 Å². The molecule has 0 bridgehead atoms. The maximum atomic E-state index is 4.36. The Morgan fingerprint density at radius 1 is 1.22 bits per heavy atom. The Balaban J connectivity index is 3.29. The molecule has 0 aromatic carbocycles. The zero-order chi connectivity index (χ0) is 7.02. The van der Waals surface area contributed by atoms with E-state index in [9.17, 15) is 0 Å². The Labute approximate surface area is 58.7 Å². The van der Waals surface area contributed by atoms with Gasteiger partial charge in [0.2, 0.25) is 5.01 Å². The Kier molecular flexibility index (Phi) is 1.58. The van der Waals surface area contributed by atoms with Crippen LogP contribution in [0.3, 0.4) is 0 Å². The van der Waals surface area contributed by atoms with Crippen molar-refractivity contribution in [1.82, 2.24) is 4.98 Å². The van der Waals surface area contributed by atoms with E-state index in [2.05, 4.69) is 32.0 Å². The molecule has 0 N–H and O–H groups in total. The number of thiazole rings is 1. The topological polar surface area (TPSA) is 12.9 Å². The van der Waals surface area contributed by atoms with Crippen LogP contribution in [0.5, 0.6) is 0 Å². The second kappa shape index (κ2) is 2.10. The van der Waals surface area contributed by atoms with Crippen molar-refractivity contribution in [2.24, 2.45) is 6.26 Å². The lowest BCUT2D eigenvalue weighted by atomic mass is 10.4. The molecule has 0 spiro atoms. The highest BCUT2D eigenvalue weighted by Crippen LogP contribution is 2.25. The van der Waals surface area contributed by atoms with Gasteiger partial charge in [0.05, 0.1) is 5.69 Å². The summed E-state index contributed by atoms with van der Waals surface area (Å²) in [6.07, 6.45) is 2.23. The number of rotatable bonds is 0. The minimum absolute atomic E-state index is 0.337. The van der Waals surface area contributed by atoms with Gasteiger partial charge < -0.3 is 0 Å². The van der Waals surface area contributed by atoms with Crippen molar-refractivity contribution in [2.45, 2.75) is 20.8 Å². The van der Waals surface area contributed by atoms with E-state index in [1.807, 2.05) is 0 Å². The van der Waals surface area contributed by atoms with Crippen LogP contribution in [-0.4, -0.2) is 4.98 Å². The Hall–Kier alpha value is -0.370. The quantitative estimate of drug-likeness (QED) is 0.506. The van der Waals surface area contributed by atoms with Gasteiger partial charge >= 0.3 is 0 Å². The summed E-state index contributed by atoms with van der Waals surface area (Å²) >= 11 is 0. The van der Waals surface area contributed by atoms with Gasteiger partial charge in [0.1, 0.15) is 6.26 Å². The molecule has 2 heteroatoms. The third kappa shape index (κ3) is 0.990. The largest absolute Gasteiger partial charge is 0.239 e. The summed E-state index contributed by atoms with van der Waals surface area (Å²) in [5, 5.41) is 1.28. The first kappa shape index (κ1) is 6.75. The molecule has 1 heterocycles. The Morgan fingerprint density at radius 2 is 1.78 bits per heavy atom. The van der Waals surface area contributed by atoms with Gasteiger partial charge in [-0.15, -0.1) is 0 Å². The fourth-order valence-corrected chi connectivity index (χ4v) is 2.03. The van der Waals surface area contributed by atoms with Crippen molar-refractivity contribution in [2.75, 3.05) is 0 Å². The van der Waals surface area contributed by atoms with Gasteiger partial charge in [0, 0.05) is 24.3 Å². The molecule has 1 rings (SSSR count). The minimum Gasteiger partial charge on any atom is -0.202 e. The van der Waals surface area contributed by atoms with Crippen LogP contribution < -0.4 is 0 Å². The molecular weight excluding hydrogens is 130 g/mol. The van der Waals surface area contributed by atoms with Crippen molar-refractivity contribution in [3.63, 3.8) is 0 Å². The van der Waals surface area contributed by atoms with Gasteiger partial charge in [-0.3, -0.25) is 0 Å². The van der Waals surface area contributed by atoms with Crippen molar-refractivity contribution < 1.29 is 0 Å². The highest BCUT2D eigenvalue weighted by atomic mass is 32.2. The lowest BCUT2D eigenvalue weighted by molar-refractivity contribution is 1.18. The number of aryl methyl sites for hydroxylation is 2. The third-order valence-corrected chi connectivity index (χ3v) is 3.93. The van der Waals surface area contributed by atoms with E-state index in [0.29, 0.717) is 10.5 Å². The van der Waals surface area contributed by atoms with Crippen LogP contribution >= 0.6 is 10.5 Å². The first-order chi connectivity index (χ1) is 4.13. The van der Waals surface area contributed by atoms with Crippen LogP contribution in [0, 0.1) is 20.8 Å². The Morgan fingerprint density at radius 3 is 1.89 bits per heavy atom. The number of aromatic nitrogens is 1. The fourth-order valence-electron chi connectivity index (χ4n) is 0.826. The normalized spacial score (nSPS) is 12.2. The smallest absolute Gasteiger partial charge is 0.202 e. The summed E-state index contributed by atoms with van der Waals surface area (Å²) in [7, 11) is 0.337. The first-order valence-corrected chi connectivity index (χ1v) is 4.65. The molecule has 1 unspecified atom stereocenters. The molecule has 1 atom stereocenters. The Bertz CT molecular complexity index is 203. The predicted octanol–water partition coefficient (Wildman–Crippen LogP) is 2.29. The van der Waals surface area contributed by atoms with E-state index in [1.54, 1.807) is 0 Å². The molecule has 0 aliphatic rings. The van der Waals surface area contributed by atoms with Crippen LogP contribution in [0.4, 0.5) is 0 Å².